The molecule has 4 aromatic rings. The molecule has 2 N–H and O–H groups in total. The van der Waals surface area contributed by atoms with E-state index in [-0.39, 0.29) is 16.9 Å². The summed E-state index contributed by atoms with van der Waals surface area (Å²) in [6.07, 6.45) is 1.63. The molecule has 2 aromatic carbocycles. The van der Waals surface area contributed by atoms with Crippen LogP contribution in [-0.2, 0) is 0 Å². The summed E-state index contributed by atoms with van der Waals surface area (Å²) < 4.78 is 5.30. The Labute approximate surface area is 146 Å². The summed E-state index contributed by atoms with van der Waals surface area (Å²) in [6, 6.07) is 13.8. The molecule has 0 saturated heterocycles. The van der Waals surface area contributed by atoms with Gasteiger partial charge in [0, 0.05) is 22.0 Å². The van der Waals surface area contributed by atoms with Gasteiger partial charge in [0.2, 0.25) is 6.54 Å². The molecule has 0 radical (unpaired) electrons. The number of benzene rings is 2. The monoisotopic (exact) mass is 350 g/mol. The number of H-pyrrole nitrogens is 1. The molecule has 0 fully saturated rings. The Morgan fingerprint density at radius 3 is 2.58 bits per heavy atom. The van der Waals surface area contributed by atoms with Crippen LogP contribution in [0.2, 0.25) is 0 Å². The van der Waals surface area contributed by atoms with E-state index in [0.717, 1.165) is 10.9 Å². The van der Waals surface area contributed by atoms with E-state index < -0.39 is 23.0 Å². The zero-order valence-electron chi connectivity index (χ0n) is 13.5. The maximum atomic E-state index is 12.5. The van der Waals surface area contributed by atoms with Crippen LogP contribution in [-0.4, -0.2) is 21.6 Å². The zero-order chi connectivity index (χ0) is 18.3. The molecule has 1 atom stereocenters. The third kappa shape index (κ3) is 2.50. The maximum Gasteiger partial charge on any atom is 0.344 e. The summed E-state index contributed by atoms with van der Waals surface area (Å²) in [6.45, 7) is -0.543. The zero-order valence-corrected chi connectivity index (χ0v) is 13.5. The lowest BCUT2D eigenvalue weighted by Crippen LogP contribution is -2.20. The van der Waals surface area contributed by atoms with Crippen molar-refractivity contribution in [3.05, 3.63) is 86.4 Å². The first-order valence-electron chi connectivity index (χ1n) is 7.99. The van der Waals surface area contributed by atoms with E-state index >= 15 is 0 Å². The van der Waals surface area contributed by atoms with Crippen molar-refractivity contribution in [2.75, 3.05) is 6.54 Å². The summed E-state index contributed by atoms with van der Waals surface area (Å²) >= 11 is 0. The van der Waals surface area contributed by atoms with E-state index in [1.54, 1.807) is 30.5 Å². The number of aromatic amines is 1. The quantitative estimate of drug-likeness (QED) is 0.333. The molecule has 7 heteroatoms. The molecular weight excluding hydrogens is 336 g/mol. The van der Waals surface area contributed by atoms with E-state index in [2.05, 4.69) is 4.98 Å². The highest BCUT2D eigenvalue weighted by molar-refractivity contribution is 5.87. The van der Waals surface area contributed by atoms with Crippen molar-refractivity contribution >= 4 is 21.9 Å². The van der Waals surface area contributed by atoms with Crippen molar-refractivity contribution in [1.82, 2.24) is 4.98 Å². The lowest BCUT2D eigenvalue weighted by molar-refractivity contribution is -0.481. The van der Waals surface area contributed by atoms with Crippen LogP contribution >= 0.6 is 0 Å². The first kappa shape index (κ1) is 15.9. The maximum absolute atomic E-state index is 12.5. The number of hydrogen-bond donors (Lipinski definition) is 2. The number of nitrogens with zero attached hydrogens (tertiary/aromatic N) is 1. The van der Waals surface area contributed by atoms with E-state index in [0.29, 0.717) is 10.9 Å². The topological polar surface area (TPSA) is 109 Å². The number of aromatic nitrogens is 1. The second kappa shape index (κ2) is 6.03. The van der Waals surface area contributed by atoms with E-state index in [4.69, 9.17) is 4.42 Å². The normalized spacial score (nSPS) is 12.5. The number of nitrogens with one attached hydrogen (secondary N) is 1. The smallest absolute Gasteiger partial charge is 0.344 e. The first-order valence-corrected chi connectivity index (χ1v) is 7.99. The van der Waals surface area contributed by atoms with Gasteiger partial charge in [-0.25, -0.2) is 4.79 Å². The van der Waals surface area contributed by atoms with Crippen molar-refractivity contribution in [3.63, 3.8) is 0 Å². The van der Waals surface area contributed by atoms with Gasteiger partial charge in [0.05, 0.1) is 16.9 Å². The van der Waals surface area contributed by atoms with Gasteiger partial charge in [-0.3, -0.25) is 10.1 Å². The molecule has 1 unspecified atom stereocenters. The number of rotatable bonds is 4. The van der Waals surface area contributed by atoms with Crippen LogP contribution in [0.3, 0.4) is 0 Å². The molecule has 26 heavy (non-hydrogen) atoms. The summed E-state index contributed by atoms with van der Waals surface area (Å²) in [7, 11) is 0. The highest BCUT2D eigenvalue weighted by Crippen LogP contribution is 2.36. The second-order valence-corrected chi connectivity index (χ2v) is 6.01. The Morgan fingerprint density at radius 2 is 1.81 bits per heavy atom. The van der Waals surface area contributed by atoms with Crippen LogP contribution in [0.15, 0.2) is 63.9 Å². The third-order valence-corrected chi connectivity index (χ3v) is 4.50. The highest BCUT2D eigenvalue weighted by Gasteiger charge is 2.30. The van der Waals surface area contributed by atoms with Crippen molar-refractivity contribution < 1.29 is 14.4 Å². The standard InChI is InChI=1S/C19H14N2O5/c22-18-12-6-2-4-8-16(12)26-19(23)17(18)14(10-21(24)25)13-9-20-15-7-3-1-5-11(13)15/h1-9,14,20,22H,10H2. The van der Waals surface area contributed by atoms with Crippen LogP contribution in [0, 0.1) is 10.1 Å². The molecule has 2 aromatic heterocycles. The minimum atomic E-state index is -0.943. The fourth-order valence-corrected chi connectivity index (χ4v) is 3.33. The molecule has 0 aliphatic heterocycles. The molecule has 7 nitrogen and oxygen atoms in total. The van der Waals surface area contributed by atoms with Crippen LogP contribution in [0.25, 0.3) is 21.9 Å². The van der Waals surface area contributed by atoms with Gasteiger partial charge in [0.15, 0.2) is 0 Å². The SMILES string of the molecule is O=c1oc2ccccc2c(O)c1C(C[N+](=O)[O-])c1c[nH]c2ccccc12. The summed E-state index contributed by atoms with van der Waals surface area (Å²) in [5.74, 6) is -1.23. The van der Waals surface area contributed by atoms with Gasteiger partial charge in [-0.2, -0.15) is 0 Å². The van der Waals surface area contributed by atoms with Crippen molar-refractivity contribution in [2.24, 2.45) is 0 Å². The molecule has 2 heterocycles. The largest absolute Gasteiger partial charge is 0.507 e. The third-order valence-electron chi connectivity index (χ3n) is 4.50. The number of nitro groups is 1. The Balaban J connectivity index is 2.01. The number of para-hydroxylation sites is 2. The number of fused-ring (bicyclic) bond motifs is 2. The summed E-state index contributed by atoms with van der Waals surface area (Å²) in [5, 5.41) is 23.1. The number of hydrogen-bond acceptors (Lipinski definition) is 5. The lowest BCUT2D eigenvalue weighted by atomic mass is 9.90. The molecule has 0 aliphatic carbocycles. The molecule has 0 aliphatic rings. The second-order valence-electron chi connectivity index (χ2n) is 6.01. The first-order chi connectivity index (χ1) is 12.6. The van der Waals surface area contributed by atoms with E-state index in [1.807, 2.05) is 24.3 Å². The molecule has 0 bridgehead atoms. The molecule has 0 amide bonds. The van der Waals surface area contributed by atoms with Crippen LogP contribution in [0.4, 0.5) is 0 Å². The Hall–Kier alpha value is -3.61. The summed E-state index contributed by atoms with van der Waals surface area (Å²) in [5.41, 5.74) is 0.705. The van der Waals surface area contributed by atoms with E-state index in [1.165, 1.54) is 0 Å². The van der Waals surface area contributed by atoms with Gasteiger partial charge in [-0.15, -0.1) is 0 Å². The highest BCUT2D eigenvalue weighted by atomic mass is 16.6. The Bertz CT molecular complexity index is 1190. The molecule has 0 spiro atoms. The van der Waals surface area contributed by atoms with Crippen molar-refractivity contribution in [1.29, 1.82) is 0 Å². The molecule has 130 valence electrons. The Kier molecular flexibility index (Phi) is 3.69. The summed E-state index contributed by atoms with van der Waals surface area (Å²) in [4.78, 5) is 26.4. The lowest BCUT2D eigenvalue weighted by Gasteiger charge is -2.14. The van der Waals surface area contributed by atoms with Gasteiger partial charge in [0.1, 0.15) is 11.3 Å². The average Bonchev–Trinajstić information content (AvgIpc) is 3.04. The Morgan fingerprint density at radius 1 is 1.12 bits per heavy atom. The minimum Gasteiger partial charge on any atom is -0.507 e. The van der Waals surface area contributed by atoms with Crippen LogP contribution in [0.1, 0.15) is 17.0 Å². The molecule has 0 saturated carbocycles. The van der Waals surface area contributed by atoms with Gasteiger partial charge in [-0.1, -0.05) is 30.3 Å². The van der Waals surface area contributed by atoms with Gasteiger partial charge >= 0.3 is 5.63 Å². The fourth-order valence-electron chi connectivity index (χ4n) is 3.33. The van der Waals surface area contributed by atoms with E-state index in [9.17, 15) is 20.0 Å². The van der Waals surface area contributed by atoms with Gasteiger partial charge in [0.25, 0.3) is 0 Å². The van der Waals surface area contributed by atoms with Gasteiger partial charge in [-0.05, 0) is 23.8 Å². The minimum absolute atomic E-state index is 0.106. The molecule has 4 rings (SSSR count). The number of aromatic hydroxyl groups is 1. The predicted octanol–water partition coefficient (Wildman–Crippen LogP) is 3.39. The average molecular weight is 350 g/mol. The van der Waals surface area contributed by atoms with Crippen molar-refractivity contribution in [2.45, 2.75) is 5.92 Å². The van der Waals surface area contributed by atoms with Crippen LogP contribution in [0.5, 0.6) is 5.75 Å². The van der Waals surface area contributed by atoms with Crippen molar-refractivity contribution in [3.8, 4) is 5.75 Å². The molecular formula is C19H14N2O5. The predicted molar refractivity (Wildman–Crippen MR) is 96.2 cm³/mol. The van der Waals surface area contributed by atoms with Crippen LogP contribution < -0.4 is 5.63 Å². The van der Waals surface area contributed by atoms with Gasteiger partial charge < -0.3 is 14.5 Å². The fraction of sp³-hybridized carbons (Fsp3) is 0.105.